The van der Waals surface area contributed by atoms with Gasteiger partial charge in [-0.15, -0.1) is 0 Å². The smallest absolute Gasteiger partial charge is 0.240 e. The van der Waals surface area contributed by atoms with Crippen molar-refractivity contribution in [2.24, 2.45) is 0 Å². The summed E-state index contributed by atoms with van der Waals surface area (Å²) in [6.07, 6.45) is 2.37. The summed E-state index contributed by atoms with van der Waals surface area (Å²) in [5, 5.41) is 3.68. The quantitative estimate of drug-likeness (QED) is 0.719. The molecule has 1 aliphatic rings. The molecule has 0 N–H and O–H groups in total. The van der Waals surface area contributed by atoms with E-state index in [1.165, 1.54) is 0 Å². The summed E-state index contributed by atoms with van der Waals surface area (Å²) in [5.74, 6) is 1.10. The fraction of sp³-hybridized carbons (Fsp3) is 0.556. The van der Waals surface area contributed by atoms with Crippen molar-refractivity contribution in [1.29, 1.82) is 0 Å². The van der Waals surface area contributed by atoms with E-state index in [0.29, 0.717) is 24.8 Å². The van der Waals surface area contributed by atoms with E-state index < -0.39 is 0 Å². The van der Waals surface area contributed by atoms with Gasteiger partial charge >= 0.3 is 0 Å². The zero-order valence-electron chi connectivity index (χ0n) is 8.03. The standard InChI is InChI=1S/C9H12FN3O/c1-7-11-9(14-12-7)6-13-4-2-3-8(10)5-13/h3H,2,4-6H2,1H3. The number of hydrogen-bond donors (Lipinski definition) is 0. The van der Waals surface area contributed by atoms with Crippen LogP contribution in [0.2, 0.25) is 0 Å². The number of rotatable bonds is 2. The van der Waals surface area contributed by atoms with Crippen molar-refractivity contribution in [3.05, 3.63) is 23.6 Å². The van der Waals surface area contributed by atoms with Gasteiger partial charge in [0.25, 0.3) is 0 Å². The van der Waals surface area contributed by atoms with Crippen LogP contribution in [0.15, 0.2) is 16.4 Å². The Morgan fingerprint density at radius 3 is 3.14 bits per heavy atom. The summed E-state index contributed by atoms with van der Waals surface area (Å²) < 4.78 is 17.9. The first kappa shape index (κ1) is 9.33. The van der Waals surface area contributed by atoms with Crippen LogP contribution in [0, 0.1) is 6.92 Å². The maximum atomic E-state index is 12.9. The lowest BCUT2D eigenvalue weighted by Crippen LogP contribution is -2.28. The van der Waals surface area contributed by atoms with E-state index in [4.69, 9.17) is 4.52 Å². The second-order valence-corrected chi connectivity index (χ2v) is 3.39. The van der Waals surface area contributed by atoms with E-state index in [1.54, 1.807) is 13.0 Å². The van der Waals surface area contributed by atoms with Gasteiger partial charge in [0.15, 0.2) is 5.82 Å². The number of hydrogen-bond acceptors (Lipinski definition) is 4. The molecule has 0 atom stereocenters. The van der Waals surface area contributed by atoms with Gasteiger partial charge in [-0.05, 0) is 13.3 Å². The number of nitrogens with zero attached hydrogens (tertiary/aromatic N) is 3. The number of aryl methyl sites for hydroxylation is 1. The van der Waals surface area contributed by atoms with Gasteiger partial charge in [0.05, 0.1) is 13.1 Å². The minimum atomic E-state index is -0.0764. The van der Waals surface area contributed by atoms with Crippen LogP contribution in [-0.2, 0) is 6.54 Å². The number of halogens is 1. The topological polar surface area (TPSA) is 42.2 Å². The zero-order valence-corrected chi connectivity index (χ0v) is 8.03. The van der Waals surface area contributed by atoms with E-state index in [0.717, 1.165) is 13.0 Å². The van der Waals surface area contributed by atoms with E-state index >= 15 is 0 Å². The lowest BCUT2D eigenvalue weighted by Gasteiger charge is -2.21. The Morgan fingerprint density at radius 1 is 1.64 bits per heavy atom. The van der Waals surface area contributed by atoms with Crippen molar-refractivity contribution in [3.8, 4) is 0 Å². The molecule has 0 spiro atoms. The summed E-state index contributed by atoms with van der Waals surface area (Å²) in [5.41, 5.74) is 0. The molecule has 0 saturated carbocycles. The van der Waals surface area contributed by atoms with Crippen molar-refractivity contribution < 1.29 is 8.91 Å². The average Bonchev–Trinajstić information content (AvgIpc) is 2.51. The molecule has 1 aromatic heterocycles. The molecule has 0 saturated heterocycles. The van der Waals surface area contributed by atoms with Crippen LogP contribution in [0.3, 0.4) is 0 Å². The van der Waals surface area contributed by atoms with Gasteiger partial charge < -0.3 is 4.52 Å². The molecule has 5 heteroatoms. The predicted octanol–water partition coefficient (Wildman–Crippen LogP) is 1.44. The first-order chi connectivity index (χ1) is 6.74. The Bertz CT molecular complexity index is 348. The predicted molar refractivity (Wildman–Crippen MR) is 48.1 cm³/mol. The Morgan fingerprint density at radius 2 is 2.50 bits per heavy atom. The maximum absolute atomic E-state index is 12.9. The SMILES string of the molecule is Cc1noc(CN2CCC=C(F)C2)n1. The highest BCUT2D eigenvalue weighted by Gasteiger charge is 2.15. The fourth-order valence-electron chi connectivity index (χ4n) is 1.49. The molecule has 2 rings (SSSR count). The summed E-state index contributed by atoms with van der Waals surface area (Å²) in [4.78, 5) is 6.02. The lowest BCUT2D eigenvalue weighted by atomic mass is 10.2. The Hall–Kier alpha value is -1.23. The van der Waals surface area contributed by atoms with Crippen molar-refractivity contribution in [1.82, 2.24) is 15.0 Å². The molecule has 0 radical (unpaired) electrons. The molecule has 0 aromatic carbocycles. The molecule has 1 aromatic rings. The lowest BCUT2D eigenvalue weighted by molar-refractivity contribution is 0.223. The Kier molecular flexibility index (Phi) is 2.58. The molecule has 0 amide bonds. The molecule has 14 heavy (non-hydrogen) atoms. The van der Waals surface area contributed by atoms with Crippen LogP contribution in [0.1, 0.15) is 18.1 Å². The van der Waals surface area contributed by atoms with Gasteiger partial charge in [-0.3, -0.25) is 4.90 Å². The normalized spacial score (nSPS) is 18.3. The van der Waals surface area contributed by atoms with Crippen LogP contribution in [-0.4, -0.2) is 28.1 Å². The first-order valence-electron chi connectivity index (χ1n) is 4.60. The van der Waals surface area contributed by atoms with Crippen LogP contribution < -0.4 is 0 Å². The zero-order chi connectivity index (χ0) is 9.97. The van der Waals surface area contributed by atoms with E-state index in [1.807, 2.05) is 4.90 Å². The van der Waals surface area contributed by atoms with E-state index in [2.05, 4.69) is 10.1 Å². The Labute approximate surface area is 81.4 Å². The fourth-order valence-corrected chi connectivity index (χ4v) is 1.49. The largest absolute Gasteiger partial charge is 0.338 e. The molecular formula is C9H12FN3O. The molecule has 0 unspecified atom stereocenters. The highest BCUT2D eigenvalue weighted by molar-refractivity contribution is 4.99. The molecule has 0 aliphatic carbocycles. The van der Waals surface area contributed by atoms with E-state index in [-0.39, 0.29) is 5.83 Å². The number of aromatic nitrogens is 2. The monoisotopic (exact) mass is 197 g/mol. The molecule has 2 heterocycles. The molecule has 1 aliphatic heterocycles. The molecule has 0 fully saturated rings. The third-order valence-electron chi connectivity index (χ3n) is 2.11. The third-order valence-corrected chi connectivity index (χ3v) is 2.11. The van der Waals surface area contributed by atoms with Crippen molar-refractivity contribution >= 4 is 0 Å². The highest BCUT2D eigenvalue weighted by atomic mass is 19.1. The molecule has 0 bridgehead atoms. The van der Waals surface area contributed by atoms with Crippen molar-refractivity contribution in [3.63, 3.8) is 0 Å². The van der Waals surface area contributed by atoms with Crippen LogP contribution in [0.4, 0.5) is 4.39 Å². The average molecular weight is 197 g/mol. The van der Waals surface area contributed by atoms with Gasteiger partial charge in [0.1, 0.15) is 5.83 Å². The first-order valence-corrected chi connectivity index (χ1v) is 4.60. The van der Waals surface area contributed by atoms with Crippen LogP contribution in [0.25, 0.3) is 0 Å². The highest BCUT2D eigenvalue weighted by Crippen LogP contribution is 2.12. The summed E-state index contributed by atoms with van der Waals surface area (Å²) in [7, 11) is 0. The molecular weight excluding hydrogens is 185 g/mol. The Balaban J connectivity index is 1.95. The van der Waals surface area contributed by atoms with Crippen LogP contribution >= 0.6 is 0 Å². The van der Waals surface area contributed by atoms with Crippen LogP contribution in [0.5, 0.6) is 0 Å². The van der Waals surface area contributed by atoms with Gasteiger partial charge in [0, 0.05) is 6.54 Å². The third kappa shape index (κ3) is 2.17. The van der Waals surface area contributed by atoms with E-state index in [9.17, 15) is 4.39 Å². The van der Waals surface area contributed by atoms with Gasteiger partial charge in [-0.25, -0.2) is 4.39 Å². The van der Waals surface area contributed by atoms with Gasteiger partial charge in [-0.2, -0.15) is 4.98 Å². The second-order valence-electron chi connectivity index (χ2n) is 3.39. The minimum Gasteiger partial charge on any atom is -0.338 e. The summed E-state index contributed by atoms with van der Waals surface area (Å²) in [6, 6.07) is 0. The van der Waals surface area contributed by atoms with Crippen molar-refractivity contribution in [2.75, 3.05) is 13.1 Å². The maximum Gasteiger partial charge on any atom is 0.240 e. The molecule has 4 nitrogen and oxygen atoms in total. The summed E-state index contributed by atoms with van der Waals surface area (Å²) in [6.45, 7) is 3.49. The van der Waals surface area contributed by atoms with Crippen molar-refractivity contribution in [2.45, 2.75) is 19.9 Å². The summed E-state index contributed by atoms with van der Waals surface area (Å²) >= 11 is 0. The van der Waals surface area contributed by atoms with Gasteiger partial charge in [0.2, 0.25) is 5.89 Å². The second kappa shape index (κ2) is 3.88. The van der Waals surface area contributed by atoms with Gasteiger partial charge in [-0.1, -0.05) is 11.2 Å². The molecule has 76 valence electrons. The minimum absolute atomic E-state index is 0.0764.